The van der Waals surface area contributed by atoms with Gasteiger partial charge in [-0.25, -0.2) is 4.98 Å². The summed E-state index contributed by atoms with van der Waals surface area (Å²) in [7, 11) is 2.90. The summed E-state index contributed by atoms with van der Waals surface area (Å²) < 4.78 is 10.4. The van der Waals surface area contributed by atoms with Crippen molar-refractivity contribution in [1.82, 2.24) is 9.97 Å². The number of nitrogens with two attached hydrogens (primary N) is 1. The summed E-state index contributed by atoms with van der Waals surface area (Å²) in [6.45, 7) is 0. The Balaban J connectivity index is 2.26. The first-order valence-corrected chi connectivity index (χ1v) is 7.65. The predicted molar refractivity (Wildman–Crippen MR) is 96.8 cm³/mol. The fourth-order valence-corrected chi connectivity index (χ4v) is 2.68. The maximum absolute atomic E-state index is 10.2. The van der Waals surface area contributed by atoms with E-state index in [-0.39, 0.29) is 22.9 Å². The van der Waals surface area contributed by atoms with Crippen LogP contribution in [0.25, 0.3) is 22.4 Å². The molecule has 0 unspecified atom stereocenters. The maximum Gasteiger partial charge on any atom is 0.203 e. The van der Waals surface area contributed by atoms with Crippen LogP contribution in [0.1, 0.15) is 5.56 Å². The Kier molecular flexibility index (Phi) is 4.58. The average molecular weight is 348 g/mol. The van der Waals surface area contributed by atoms with Crippen LogP contribution in [-0.2, 0) is 0 Å². The fourth-order valence-electron chi connectivity index (χ4n) is 2.68. The van der Waals surface area contributed by atoms with Crippen LogP contribution in [0.15, 0.2) is 42.7 Å². The van der Waals surface area contributed by atoms with E-state index < -0.39 is 0 Å². The summed E-state index contributed by atoms with van der Waals surface area (Å²) in [5, 5.41) is 19.8. The zero-order chi connectivity index (χ0) is 18.7. The van der Waals surface area contributed by atoms with Crippen LogP contribution in [0.3, 0.4) is 0 Å². The lowest BCUT2D eigenvalue weighted by atomic mass is 9.98. The number of anilines is 1. The van der Waals surface area contributed by atoms with Crippen LogP contribution in [-0.4, -0.2) is 29.3 Å². The van der Waals surface area contributed by atoms with E-state index in [2.05, 4.69) is 16.0 Å². The lowest BCUT2D eigenvalue weighted by Gasteiger charge is -2.14. The highest BCUT2D eigenvalue weighted by atomic mass is 16.5. The predicted octanol–water partition coefficient (Wildman–Crippen LogP) is 2.99. The molecule has 0 atom stereocenters. The van der Waals surface area contributed by atoms with Gasteiger partial charge in [0.1, 0.15) is 17.5 Å². The quantitative estimate of drug-likeness (QED) is 0.745. The molecule has 0 spiro atoms. The first kappa shape index (κ1) is 17.0. The van der Waals surface area contributed by atoms with Crippen LogP contribution in [0.2, 0.25) is 0 Å². The standard InChI is InChI=1S/C19H16N4O3/c1-25-17-8-12(7-16(24)18(17)26-2)13-9-15(11-3-5-22-6-4-11)23-19(21)14(13)10-20/h3-9,24H,1-2H3,(H2,21,23). The average Bonchev–Trinajstić information content (AvgIpc) is 2.67. The molecule has 7 nitrogen and oxygen atoms in total. The number of rotatable bonds is 4. The number of nitrogens with zero attached hydrogens (tertiary/aromatic N) is 3. The largest absolute Gasteiger partial charge is 0.504 e. The van der Waals surface area contributed by atoms with Crippen LogP contribution in [0.4, 0.5) is 5.82 Å². The topological polar surface area (TPSA) is 114 Å². The minimum absolute atomic E-state index is 0.103. The lowest BCUT2D eigenvalue weighted by molar-refractivity contribution is 0.333. The highest BCUT2D eigenvalue weighted by Crippen LogP contribution is 2.42. The Bertz CT molecular complexity index is 998. The molecule has 2 aromatic heterocycles. The van der Waals surface area contributed by atoms with Gasteiger partial charge in [0.2, 0.25) is 5.75 Å². The molecule has 26 heavy (non-hydrogen) atoms. The molecule has 0 fully saturated rings. The Hall–Kier alpha value is -3.79. The molecular formula is C19H16N4O3. The lowest BCUT2D eigenvalue weighted by Crippen LogP contribution is -2.00. The highest BCUT2D eigenvalue weighted by molar-refractivity contribution is 5.82. The van der Waals surface area contributed by atoms with Crippen LogP contribution < -0.4 is 15.2 Å². The van der Waals surface area contributed by atoms with Crippen molar-refractivity contribution in [3.63, 3.8) is 0 Å². The smallest absolute Gasteiger partial charge is 0.203 e. The Morgan fingerprint density at radius 1 is 1.08 bits per heavy atom. The molecule has 0 radical (unpaired) electrons. The van der Waals surface area contributed by atoms with Gasteiger partial charge in [-0.3, -0.25) is 4.98 Å². The van der Waals surface area contributed by atoms with Crippen molar-refractivity contribution in [2.75, 3.05) is 20.0 Å². The zero-order valence-electron chi connectivity index (χ0n) is 14.2. The maximum atomic E-state index is 10.2. The number of methoxy groups -OCH3 is 2. The van der Waals surface area contributed by atoms with Crippen molar-refractivity contribution in [2.45, 2.75) is 0 Å². The highest BCUT2D eigenvalue weighted by Gasteiger charge is 2.18. The van der Waals surface area contributed by atoms with Gasteiger partial charge in [0.15, 0.2) is 11.5 Å². The van der Waals surface area contributed by atoms with Crippen molar-refractivity contribution >= 4 is 5.82 Å². The molecular weight excluding hydrogens is 332 g/mol. The number of aromatic hydroxyl groups is 1. The Morgan fingerprint density at radius 3 is 2.42 bits per heavy atom. The van der Waals surface area contributed by atoms with E-state index in [1.54, 1.807) is 36.7 Å². The normalized spacial score (nSPS) is 10.2. The summed E-state index contributed by atoms with van der Waals surface area (Å²) in [5.74, 6) is 0.552. The third-order valence-corrected chi connectivity index (χ3v) is 3.91. The number of phenolic OH excluding ortho intramolecular Hbond substituents is 1. The van der Waals surface area contributed by atoms with Gasteiger partial charge < -0.3 is 20.3 Å². The minimum Gasteiger partial charge on any atom is -0.504 e. The molecule has 3 N–H and O–H groups in total. The Morgan fingerprint density at radius 2 is 1.81 bits per heavy atom. The second-order valence-electron chi connectivity index (χ2n) is 5.39. The second kappa shape index (κ2) is 6.99. The van der Waals surface area contributed by atoms with Crippen LogP contribution >= 0.6 is 0 Å². The molecule has 7 heteroatoms. The molecule has 3 rings (SSSR count). The molecule has 2 heterocycles. The van der Waals surface area contributed by atoms with E-state index in [4.69, 9.17) is 15.2 Å². The van der Waals surface area contributed by atoms with Crippen LogP contribution in [0, 0.1) is 11.3 Å². The number of nitrogen functional groups attached to an aromatic ring is 1. The number of phenols is 1. The van der Waals surface area contributed by atoms with E-state index in [9.17, 15) is 10.4 Å². The summed E-state index contributed by atoms with van der Waals surface area (Å²) in [5.41, 5.74) is 8.71. The summed E-state index contributed by atoms with van der Waals surface area (Å²) in [4.78, 5) is 8.29. The van der Waals surface area contributed by atoms with Gasteiger partial charge in [-0.2, -0.15) is 5.26 Å². The molecule has 0 saturated carbocycles. The summed E-state index contributed by atoms with van der Waals surface area (Å²) in [6.07, 6.45) is 3.29. The van der Waals surface area contributed by atoms with Crippen molar-refractivity contribution in [2.24, 2.45) is 0 Å². The van der Waals surface area contributed by atoms with E-state index in [1.807, 2.05) is 0 Å². The molecule has 0 aliphatic rings. The van der Waals surface area contributed by atoms with Gasteiger partial charge >= 0.3 is 0 Å². The molecule has 0 aliphatic carbocycles. The Labute approximate surface area is 150 Å². The molecule has 0 aliphatic heterocycles. The van der Waals surface area contributed by atoms with Gasteiger partial charge in [0.05, 0.1) is 19.9 Å². The number of aromatic nitrogens is 2. The van der Waals surface area contributed by atoms with E-state index in [0.717, 1.165) is 5.56 Å². The number of pyridine rings is 2. The van der Waals surface area contributed by atoms with Crippen LogP contribution in [0.5, 0.6) is 17.2 Å². The van der Waals surface area contributed by atoms with Gasteiger partial charge in [-0.05, 0) is 35.9 Å². The fraction of sp³-hybridized carbons (Fsp3) is 0.105. The van der Waals surface area contributed by atoms with E-state index >= 15 is 0 Å². The number of nitriles is 1. The van der Waals surface area contributed by atoms with Gasteiger partial charge in [-0.1, -0.05) is 0 Å². The first-order chi connectivity index (χ1) is 12.6. The third kappa shape index (κ3) is 2.96. The molecule has 0 amide bonds. The van der Waals surface area contributed by atoms with Crippen molar-refractivity contribution in [3.05, 3.63) is 48.3 Å². The molecule has 1 aromatic carbocycles. The summed E-state index contributed by atoms with van der Waals surface area (Å²) >= 11 is 0. The minimum atomic E-state index is -0.105. The first-order valence-electron chi connectivity index (χ1n) is 7.65. The molecule has 0 saturated heterocycles. The second-order valence-corrected chi connectivity index (χ2v) is 5.39. The van der Waals surface area contributed by atoms with Gasteiger partial charge in [0.25, 0.3) is 0 Å². The molecule has 3 aromatic rings. The number of hydrogen-bond acceptors (Lipinski definition) is 7. The molecule has 0 bridgehead atoms. The number of ether oxygens (including phenoxy) is 2. The third-order valence-electron chi connectivity index (χ3n) is 3.91. The van der Waals surface area contributed by atoms with E-state index in [1.165, 1.54) is 20.3 Å². The zero-order valence-corrected chi connectivity index (χ0v) is 14.2. The molecule has 130 valence electrons. The number of hydrogen-bond donors (Lipinski definition) is 2. The summed E-state index contributed by atoms with van der Waals surface area (Å²) in [6, 6.07) is 10.6. The van der Waals surface area contributed by atoms with E-state index in [0.29, 0.717) is 22.6 Å². The van der Waals surface area contributed by atoms with Gasteiger partial charge in [0, 0.05) is 23.5 Å². The van der Waals surface area contributed by atoms with Crippen molar-refractivity contribution in [3.8, 4) is 45.7 Å². The van der Waals surface area contributed by atoms with Gasteiger partial charge in [-0.15, -0.1) is 0 Å². The van der Waals surface area contributed by atoms with Crippen molar-refractivity contribution in [1.29, 1.82) is 5.26 Å². The van der Waals surface area contributed by atoms with Crippen molar-refractivity contribution < 1.29 is 14.6 Å². The number of benzene rings is 1. The monoisotopic (exact) mass is 348 g/mol. The SMILES string of the molecule is COc1cc(-c2cc(-c3ccncc3)nc(N)c2C#N)cc(O)c1OC.